The molecule has 0 saturated carbocycles. The Morgan fingerprint density at radius 3 is 2.37 bits per heavy atom. The molecular formula is C19H26N4O3S. The Morgan fingerprint density at radius 2 is 1.70 bits per heavy atom. The van der Waals surface area contributed by atoms with Gasteiger partial charge in [-0.2, -0.15) is 0 Å². The molecular weight excluding hydrogens is 364 g/mol. The first-order chi connectivity index (χ1) is 13.1. The Morgan fingerprint density at radius 1 is 1.04 bits per heavy atom. The summed E-state index contributed by atoms with van der Waals surface area (Å²) in [7, 11) is 1.36. The van der Waals surface area contributed by atoms with E-state index < -0.39 is 5.97 Å². The van der Waals surface area contributed by atoms with Crippen molar-refractivity contribution in [1.82, 2.24) is 14.7 Å². The van der Waals surface area contributed by atoms with Crippen LogP contribution in [0.15, 0.2) is 24.3 Å². The zero-order chi connectivity index (χ0) is 19.2. The molecule has 2 aliphatic heterocycles. The van der Waals surface area contributed by atoms with E-state index in [1.165, 1.54) is 7.11 Å². The number of nitrogens with zero attached hydrogens (tertiary/aromatic N) is 3. The van der Waals surface area contributed by atoms with Gasteiger partial charge in [-0.3, -0.25) is 9.69 Å². The molecule has 1 N–H and O–H groups in total. The van der Waals surface area contributed by atoms with Crippen LogP contribution in [0.25, 0.3) is 0 Å². The zero-order valence-electron chi connectivity index (χ0n) is 15.6. The smallest absolute Gasteiger partial charge is 0.339 e. The molecule has 0 spiro atoms. The highest BCUT2D eigenvalue weighted by atomic mass is 32.1. The average Bonchev–Trinajstić information content (AvgIpc) is 3.23. The number of benzene rings is 1. The topological polar surface area (TPSA) is 65.1 Å². The number of esters is 1. The number of rotatable bonds is 4. The second-order valence-electron chi connectivity index (χ2n) is 6.82. The van der Waals surface area contributed by atoms with Crippen molar-refractivity contribution in [1.29, 1.82) is 0 Å². The van der Waals surface area contributed by atoms with Crippen LogP contribution in [0.1, 0.15) is 23.2 Å². The second-order valence-corrected chi connectivity index (χ2v) is 7.21. The monoisotopic (exact) mass is 390 g/mol. The van der Waals surface area contributed by atoms with Crippen LogP contribution >= 0.6 is 12.2 Å². The maximum absolute atomic E-state index is 12.3. The Kier molecular flexibility index (Phi) is 6.63. The summed E-state index contributed by atoms with van der Waals surface area (Å²) in [4.78, 5) is 30.4. The third kappa shape index (κ3) is 4.95. The molecule has 0 aliphatic carbocycles. The van der Waals surface area contributed by atoms with Gasteiger partial charge in [0, 0.05) is 39.3 Å². The molecule has 0 unspecified atom stereocenters. The van der Waals surface area contributed by atoms with Gasteiger partial charge in [-0.15, -0.1) is 0 Å². The van der Waals surface area contributed by atoms with Gasteiger partial charge in [-0.05, 0) is 37.2 Å². The van der Waals surface area contributed by atoms with E-state index in [-0.39, 0.29) is 5.91 Å². The van der Waals surface area contributed by atoms with Gasteiger partial charge in [-0.1, -0.05) is 12.1 Å². The fourth-order valence-corrected chi connectivity index (χ4v) is 3.73. The summed E-state index contributed by atoms with van der Waals surface area (Å²) < 4.78 is 4.82. The lowest BCUT2D eigenvalue weighted by Gasteiger charge is -2.36. The summed E-state index contributed by atoms with van der Waals surface area (Å²) in [6.07, 6.45) is 2.24. The summed E-state index contributed by atoms with van der Waals surface area (Å²) in [6, 6.07) is 7.15. The summed E-state index contributed by atoms with van der Waals surface area (Å²) in [5.74, 6) is -0.167. The molecule has 1 aromatic rings. The van der Waals surface area contributed by atoms with Crippen molar-refractivity contribution in [2.45, 2.75) is 12.8 Å². The molecule has 27 heavy (non-hydrogen) atoms. The SMILES string of the molecule is COC(=O)c1ccccc1NC(=S)N1CCN(CC(=O)N2CCCC2)CC1. The van der Waals surface area contributed by atoms with Crippen LogP contribution in [0.2, 0.25) is 0 Å². The predicted molar refractivity (Wildman–Crippen MR) is 108 cm³/mol. The van der Waals surface area contributed by atoms with Gasteiger partial charge in [0.2, 0.25) is 5.91 Å². The second kappa shape index (κ2) is 9.14. The number of ether oxygens (including phenoxy) is 1. The van der Waals surface area contributed by atoms with E-state index >= 15 is 0 Å². The highest BCUT2D eigenvalue weighted by molar-refractivity contribution is 7.80. The molecule has 0 atom stereocenters. The lowest BCUT2D eigenvalue weighted by Crippen LogP contribution is -2.52. The number of amides is 1. The molecule has 2 aliphatic rings. The van der Waals surface area contributed by atoms with Crippen LogP contribution in [-0.4, -0.2) is 84.6 Å². The van der Waals surface area contributed by atoms with Gasteiger partial charge >= 0.3 is 5.97 Å². The minimum Gasteiger partial charge on any atom is -0.465 e. The number of carbonyl (C=O) groups is 2. The Hall–Kier alpha value is -2.19. The maximum atomic E-state index is 12.3. The van der Waals surface area contributed by atoms with Crippen molar-refractivity contribution < 1.29 is 14.3 Å². The van der Waals surface area contributed by atoms with E-state index in [1.54, 1.807) is 12.1 Å². The third-order valence-electron chi connectivity index (χ3n) is 5.05. The fraction of sp³-hybridized carbons (Fsp3) is 0.526. The van der Waals surface area contributed by atoms with Gasteiger partial charge in [0.1, 0.15) is 0 Å². The molecule has 2 fully saturated rings. The number of carbonyl (C=O) groups excluding carboxylic acids is 2. The number of likely N-dealkylation sites (tertiary alicyclic amines) is 1. The number of thiocarbonyl (C=S) groups is 1. The number of piperazine rings is 1. The number of para-hydroxylation sites is 1. The van der Waals surface area contributed by atoms with E-state index in [4.69, 9.17) is 17.0 Å². The molecule has 0 aromatic heterocycles. The van der Waals surface area contributed by atoms with E-state index in [9.17, 15) is 9.59 Å². The van der Waals surface area contributed by atoms with Gasteiger partial charge in [-0.25, -0.2) is 4.79 Å². The van der Waals surface area contributed by atoms with Crippen molar-refractivity contribution in [3.8, 4) is 0 Å². The maximum Gasteiger partial charge on any atom is 0.339 e. The van der Waals surface area contributed by atoms with Crippen LogP contribution < -0.4 is 5.32 Å². The third-order valence-corrected chi connectivity index (χ3v) is 5.41. The van der Waals surface area contributed by atoms with Crippen molar-refractivity contribution in [3.63, 3.8) is 0 Å². The molecule has 8 heteroatoms. The highest BCUT2D eigenvalue weighted by Crippen LogP contribution is 2.17. The first-order valence-electron chi connectivity index (χ1n) is 9.32. The number of nitrogens with one attached hydrogen (secondary N) is 1. The Balaban J connectivity index is 1.50. The summed E-state index contributed by atoms with van der Waals surface area (Å²) in [6.45, 7) is 5.36. The summed E-state index contributed by atoms with van der Waals surface area (Å²) >= 11 is 5.52. The van der Waals surface area contributed by atoms with Crippen molar-refractivity contribution in [2.24, 2.45) is 0 Å². The Bertz CT molecular complexity index is 698. The van der Waals surface area contributed by atoms with Crippen LogP contribution in [0.4, 0.5) is 5.69 Å². The minimum absolute atomic E-state index is 0.230. The molecule has 0 radical (unpaired) electrons. The quantitative estimate of drug-likeness (QED) is 0.616. The summed E-state index contributed by atoms with van der Waals surface area (Å²) in [5, 5.41) is 3.74. The van der Waals surface area contributed by atoms with E-state index in [0.717, 1.165) is 52.1 Å². The first kappa shape index (κ1) is 19.6. The number of hydrogen-bond acceptors (Lipinski definition) is 5. The normalized spacial score (nSPS) is 17.7. The fourth-order valence-electron chi connectivity index (χ4n) is 3.44. The van der Waals surface area contributed by atoms with Crippen molar-refractivity contribution >= 4 is 34.9 Å². The molecule has 1 amide bonds. The van der Waals surface area contributed by atoms with E-state index in [1.807, 2.05) is 17.0 Å². The number of anilines is 1. The van der Waals surface area contributed by atoms with Crippen molar-refractivity contribution in [2.75, 3.05) is 58.2 Å². The minimum atomic E-state index is -0.397. The van der Waals surface area contributed by atoms with Crippen LogP contribution in [0.5, 0.6) is 0 Å². The largest absolute Gasteiger partial charge is 0.465 e. The molecule has 1 aromatic carbocycles. The lowest BCUT2D eigenvalue weighted by molar-refractivity contribution is -0.131. The summed E-state index contributed by atoms with van der Waals surface area (Å²) in [5.41, 5.74) is 1.10. The predicted octanol–water partition coefficient (Wildman–Crippen LogP) is 1.41. The van der Waals surface area contributed by atoms with E-state index in [2.05, 4.69) is 15.1 Å². The van der Waals surface area contributed by atoms with Gasteiger partial charge in [0.15, 0.2) is 5.11 Å². The molecule has 7 nitrogen and oxygen atoms in total. The van der Waals surface area contributed by atoms with Gasteiger partial charge < -0.3 is 19.9 Å². The molecule has 146 valence electrons. The Labute approximate surface area is 165 Å². The molecule has 3 rings (SSSR count). The van der Waals surface area contributed by atoms with Crippen LogP contribution in [0, 0.1) is 0 Å². The van der Waals surface area contributed by atoms with Crippen molar-refractivity contribution in [3.05, 3.63) is 29.8 Å². The van der Waals surface area contributed by atoms with E-state index in [0.29, 0.717) is 22.9 Å². The van der Waals surface area contributed by atoms with Gasteiger partial charge in [0.25, 0.3) is 0 Å². The molecule has 2 heterocycles. The lowest BCUT2D eigenvalue weighted by atomic mass is 10.2. The first-order valence-corrected chi connectivity index (χ1v) is 9.72. The standard InChI is InChI=1S/C19H26N4O3S/c1-26-18(25)15-6-2-3-7-16(15)20-19(27)23-12-10-21(11-13-23)14-17(24)22-8-4-5-9-22/h2-3,6-7H,4-5,8-14H2,1H3,(H,20,27). The average molecular weight is 391 g/mol. The highest BCUT2D eigenvalue weighted by Gasteiger charge is 2.24. The number of hydrogen-bond donors (Lipinski definition) is 1. The van der Waals surface area contributed by atoms with Crippen LogP contribution in [-0.2, 0) is 9.53 Å². The van der Waals surface area contributed by atoms with Crippen LogP contribution in [0.3, 0.4) is 0 Å². The molecule has 2 saturated heterocycles. The van der Waals surface area contributed by atoms with Gasteiger partial charge in [0.05, 0.1) is 24.9 Å². The number of methoxy groups -OCH3 is 1. The molecule has 0 bridgehead atoms. The zero-order valence-corrected chi connectivity index (χ0v) is 16.5.